The molecule has 90 valence electrons. The summed E-state index contributed by atoms with van der Waals surface area (Å²) in [5, 5.41) is 0.627. The van der Waals surface area contributed by atoms with Crippen LogP contribution in [0.3, 0.4) is 0 Å². The molecule has 17 heavy (non-hydrogen) atoms. The van der Waals surface area contributed by atoms with Crippen molar-refractivity contribution < 1.29 is 4.79 Å². The van der Waals surface area contributed by atoms with Crippen LogP contribution in [0, 0.1) is 0 Å². The molecule has 0 fully saturated rings. The second-order valence-corrected chi connectivity index (χ2v) is 4.68. The first-order valence-electron chi connectivity index (χ1n) is 5.28. The smallest absolute Gasteiger partial charge is 0.254 e. The van der Waals surface area contributed by atoms with Crippen LogP contribution in [0.25, 0.3) is 0 Å². The molecule has 1 aliphatic heterocycles. The summed E-state index contributed by atoms with van der Waals surface area (Å²) in [6, 6.07) is 3.12. The highest BCUT2D eigenvalue weighted by molar-refractivity contribution is 6.39. The monoisotopic (exact) mass is 270 g/mol. The highest BCUT2D eigenvalue weighted by Gasteiger charge is 2.18. The number of hydrogen-bond acceptors (Lipinski definition) is 2. The Kier molecular flexibility index (Phi) is 3.60. The lowest BCUT2D eigenvalue weighted by molar-refractivity contribution is 0.0771. The van der Waals surface area contributed by atoms with Gasteiger partial charge >= 0.3 is 0 Å². The number of anilines is 1. The van der Waals surface area contributed by atoms with E-state index in [9.17, 15) is 4.79 Å². The lowest BCUT2D eigenvalue weighted by atomic mass is 10.1. The van der Waals surface area contributed by atoms with Crippen LogP contribution in [-0.4, -0.2) is 23.9 Å². The molecule has 0 atom stereocenters. The summed E-state index contributed by atoms with van der Waals surface area (Å²) < 4.78 is 0. The van der Waals surface area contributed by atoms with Crippen molar-refractivity contribution in [1.29, 1.82) is 0 Å². The molecule has 0 bridgehead atoms. The van der Waals surface area contributed by atoms with E-state index in [4.69, 9.17) is 28.9 Å². The number of amides is 1. The second-order valence-electron chi connectivity index (χ2n) is 3.86. The van der Waals surface area contributed by atoms with Gasteiger partial charge in [0, 0.05) is 18.7 Å². The molecule has 0 unspecified atom stereocenters. The Morgan fingerprint density at radius 2 is 1.88 bits per heavy atom. The SMILES string of the molecule is Nc1c(Cl)cc(C(=O)N2CC=CCC2)cc1Cl. The molecule has 1 amide bonds. The fourth-order valence-electron chi connectivity index (χ4n) is 1.72. The molecule has 3 nitrogen and oxygen atoms in total. The normalized spacial score (nSPS) is 15.1. The van der Waals surface area contributed by atoms with Crippen LogP contribution in [0.4, 0.5) is 5.69 Å². The molecule has 0 saturated carbocycles. The van der Waals surface area contributed by atoms with Gasteiger partial charge in [0.15, 0.2) is 0 Å². The summed E-state index contributed by atoms with van der Waals surface area (Å²) in [6.07, 6.45) is 4.91. The van der Waals surface area contributed by atoms with E-state index < -0.39 is 0 Å². The molecule has 0 aliphatic carbocycles. The highest BCUT2D eigenvalue weighted by Crippen LogP contribution is 2.29. The average molecular weight is 271 g/mol. The molecule has 2 N–H and O–H groups in total. The number of rotatable bonds is 1. The Hall–Kier alpha value is -1.19. The highest BCUT2D eigenvalue weighted by atomic mass is 35.5. The number of hydrogen-bond donors (Lipinski definition) is 1. The van der Waals surface area contributed by atoms with Crippen LogP contribution < -0.4 is 5.73 Å². The maximum Gasteiger partial charge on any atom is 0.254 e. The van der Waals surface area contributed by atoms with Crippen LogP contribution in [-0.2, 0) is 0 Å². The van der Waals surface area contributed by atoms with E-state index in [0.29, 0.717) is 27.8 Å². The zero-order valence-corrected chi connectivity index (χ0v) is 10.6. The quantitative estimate of drug-likeness (QED) is 0.630. The second kappa shape index (κ2) is 4.98. The van der Waals surface area contributed by atoms with Crippen molar-refractivity contribution in [2.24, 2.45) is 0 Å². The van der Waals surface area contributed by atoms with Crippen molar-refractivity contribution in [3.8, 4) is 0 Å². The molecule has 1 heterocycles. The Bertz CT molecular complexity index is 462. The number of nitrogens with zero attached hydrogens (tertiary/aromatic N) is 1. The number of halogens is 2. The first kappa shape index (κ1) is 12.3. The van der Waals surface area contributed by atoms with Crippen molar-refractivity contribution in [2.75, 3.05) is 18.8 Å². The Labute approximate surface area is 110 Å². The van der Waals surface area contributed by atoms with Gasteiger partial charge in [0.1, 0.15) is 0 Å². The molecule has 1 aromatic carbocycles. The van der Waals surface area contributed by atoms with Crippen molar-refractivity contribution in [3.63, 3.8) is 0 Å². The molecular weight excluding hydrogens is 259 g/mol. The summed E-state index contributed by atoms with van der Waals surface area (Å²) >= 11 is 11.8. The molecule has 0 saturated heterocycles. The minimum Gasteiger partial charge on any atom is -0.396 e. The minimum atomic E-state index is -0.0712. The van der Waals surface area contributed by atoms with Gasteiger partial charge in [-0.05, 0) is 18.6 Å². The molecular formula is C12H12Cl2N2O. The van der Waals surface area contributed by atoms with E-state index in [2.05, 4.69) is 6.08 Å². The molecule has 0 spiro atoms. The predicted molar refractivity (Wildman–Crippen MR) is 70.5 cm³/mol. The molecule has 5 heteroatoms. The van der Waals surface area contributed by atoms with E-state index >= 15 is 0 Å². The third-order valence-corrected chi connectivity index (χ3v) is 3.30. The van der Waals surface area contributed by atoms with Gasteiger partial charge in [-0.15, -0.1) is 0 Å². The number of nitrogen functional groups attached to an aromatic ring is 1. The first-order valence-corrected chi connectivity index (χ1v) is 6.04. The summed E-state index contributed by atoms with van der Waals surface area (Å²) in [6.45, 7) is 1.34. The Morgan fingerprint density at radius 3 is 2.41 bits per heavy atom. The van der Waals surface area contributed by atoms with Crippen LogP contribution in [0.2, 0.25) is 10.0 Å². The Morgan fingerprint density at radius 1 is 1.24 bits per heavy atom. The van der Waals surface area contributed by atoms with E-state index in [1.165, 1.54) is 0 Å². The third-order valence-electron chi connectivity index (χ3n) is 2.67. The van der Waals surface area contributed by atoms with Crippen molar-refractivity contribution in [1.82, 2.24) is 4.90 Å². The van der Waals surface area contributed by atoms with E-state index in [1.807, 2.05) is 6.08 Å². The standard InChI is InChI=1S/C12H12Cl2N2O/c13-9-6-8(7-10(14)11(9)15)12(17)16-4-2-1-3-5-16/h1-2,6-7H,3-5,15H2. The number of carbonyl (C=O) groups excluding carboxylic acids is 1. The molecule has 0 aromatic heterocycles. The first-order chi connectivity index (χ1) is 8.09. The third kappa shape index (κ3) is 2.56. The molecule has 1 aliphatic rings. The lowest BCUT2D eigenvalue weighted by Crippen LogP contribution is -2.33. The van der Waals surface area contributed by atoms with Gasteiger partial charge < -0.3 is 10.6 Å². The zero-order valence-electron chi connectivity index (χ0n) is 9.12. The average Bonchev–Trinajstić information content (AvgIpc) is 2.35. The molecule has 1 aromatic rings. The van der Waals surface area contributed by atoms with Crippen LogP contribution >= 0.6 is 23.2 Å². The van der Waals surface area contributed by atoms with Gasteiger partial charge in [0.2, 0.25) is 0 Å². The largest absolute Gasteiger partial charge is 0.396 e. The fraction of sp³-hybridized carbons (Fsp3) is 0.250. The minimum absolute atomic E-state index is 0.0712. The van der Waals surface area contributed by atoms with E-state index in [0.717, 1.165) is 13.0 Å². The van der Waals surface area contributed by atoms with Gasteiger partial charge in [-0.1, -0.05) is 35.4 Å². The van der Waals surface area contributed by atoms with Gasteiger partial charge in [0.25, 0.3) is 5.91 Å². The van der Waals surface area contributed by atoms with Crippen LogP contribution in [0.5, 0.6) is 0 Å². The van der Waals surface area contributed by atoms with Gasteiger partial charge in [0.05, 0.1) is 15.7 Å². The van der Waals surface area contributed by atoms with Gasteiger partial charge in [-0.3, -0.25) is 4.79 Å². The van der Waals surface area contributed by atoms with Crippen molar-refractivity contribution in [3.05, 3.63) is 39.9 Å². The maximum atomic E-state index is 12.1. The van der Waals surface area contributed by atoms with Gasteiger partial charge in [-0.2, -0.15) is 0 Å². The Balaban J connectivity index is 2.28. The number of benzene rings is 1. The van der Waals surface area contributed by atoms with Crippen molar-refractivity contribution in [2.45, 2.75) is 6.42 Å². The van der Waals surface area contributed by atoms with Crippen LogP contribution in [0.15, 0.2) is 24.3 Å². The van der Waals surface area contributed by atoms with Crippen LogP contribution in [0.1, 0.15) is 16.8 Å². The molecule has 2 rings (SSSR count). The number of nitrogens with two attached hydrogens (primary N) is 1. The summed E-state index contributed by atoms with van der Waals surface area (Å²) in [5.74, 6) is -0.0712. The van der Waals surface area contributed by atoms with E-state index in [1.54, 1.807) is 17.0 Å². The van der Waals surface area contributed by atoms with Crippen molar-refractivity contribution >= 4 is 34.8 Å². The number of carbonyl (C=O) groups is 1. The summed E-state index contributed by atoms with van der Waals surface area (Å²) in [4.78, 5) is 13.9. The predicted octanol–water partition coefficient (Wildman–Crippen LogP) is 2.98. The summed E-state index contributed by atoms with van der Waals surface area (Å²) in [5.41, 5.74) is 6.41. The van der Waals surface area contributed by atoms with Gasteiger partial charge in [-0.25, -0.2) is 0 Å². The zero-order chi connectivity index (χ0) is 12.4. The summed E-state index contributed by atoms with van der Waals surface area (Å²) in [7, 11) is 0. The van der Waals surface area contributed by atoms with E-state index in [-0.39, 0.29) is 5.91 Å². The maximum absolute atomic E-state index is 12.1. The fourth-order valence-corrected chi connectivity index (χ4v) is 2.20. The molecule has 0 radical (unpaired) electrons. The topological polar surface area (TPSA) is 46.3 Å². The lowest BCUT2D eigenvalue weighted by Gasteiger charge is -2.23.